The summed E-state index contributed by atoms with van der Waals surface area (Å²) in [5.74, 6) is -0.260. The summed E-state index contributed by atoms with van der Waals surface area (Å²) in [6.07, 6.45) is 46.2. The Morgan fingerprint density at radius 2 is 1.20 bits per heavy atom. The number of aliphatic hydroxyl groups is 1. The van der Waals surface area contributed by atoms with Crippen LogP contribution in [0, 0.1) is 0 Å². The van der Waals surface area contributed by atoms with E-state index < -0.39 is 26.6 Å². The largest absolute Gasteiger partial charge is 0.756 e. The molecule has 0 fully saturated rings. The van der Waals surface area contributed by atoms with Crippen LogP contribution in [-0.2, 0) is 18.4 Å². The van der Waals surface area contributed by atoms with Gasteiger partial charge in [-0.2, -0.15) is 0 Å². The van der Waals surface area contributed by atoms with Crippen molar-refractivity contribution in [3.8, 4) is 0 Å². The Morgan fingerprint density at radius 1 is 0.706 bits per heavy atom. The van der Waals surface area contributed by atoms with Crippen LogP contribution in [0.3, 0.4) is 0 Å². The van der Waals surface area contributed by atoms with Crippen molar-refractivity contribution in [2.75, 3.05) is 40.9 Å². The fourth-order valence-corrected chi connectivity index (χ4v) is 5.17. The van der Waals surface area contributed by atoms with E-state index in [0.717, 1.165) is 83.5 Å². The van der Waals surface area contributed by atoms with E-state index in [2.05, 4.69) is 104 Å². The summed E-state index contributed by atoms with van der Waals surface area (Å²) in [6.45, 7) is 4.34. The topological polar surface area (TPSA) is 108 Å². The fourth-order valence-electron chi connectivity index (χ4n) is 4.45. The Bertz CT molecular complexity index is 1150. The van der Waals surface area contributed by atoms with Gasteiger partial charge in [0.25, 0.3) is 7.82 Å². The molecule has 3 unspecified atom stereocenters. The summed E-state index contributed by atoms with van der Waals surface area (Å²) < 4.78 is 23.0. The van der Waals surface area contributed by atoms with Gasteiger partial charge in [0, 0.05) is 6.42 Å². The summed E-state index contributed by atoms with van der Waals surface area (Å²) in [4.78, 5) is 25.1. The highest BCUT2D eigenvalue weighted by Crippen LogP contribution is 2.38. The molecule has 1 amide bonds. The molecular weight excluding hydrogens is 659 g/mol. The van der Waals surface area contributed by atoms with E-state index >= 15 is 0 Å². The standard InChI is InChI=1S/C42H71N2O6P/c1-6-8-10-12-14-16-17-18-19-20-21-22-23-24-25-26-27-28-30-32-34-36-42(46)43-40(39-50-51(47,48)49-38-37-44(3,4)5)41(45)35-33-31-29-15-13-11-9-7-2/h8,10,13-16,18-19,21-22,24-25,27-28,33,35,40-41,45H,6-7,9,11-12,17,20,23,26,29-32,34,36-39H2,1-5H3,(H-,43,46,47,48)/b10-8-,15-13+,16-14-,19-18-,22-21-,25-24-,28-27-,35-33+. The van der Waals surface area contributed by atoms with Crippen LogP contribution in [0.4, 0.5) is 0 Å². The van der Waals surface area contributed by atoms with Gasteiger partial charge in [0.15, 0.2) is 0 Å². The highest BCUT2D eigenvalue weighted by molar-refractivity contribution is 7.45. The predicted molar refractivity (Wildman–Crippen MR) is 214 cm³/mol. The molecule has 0 radical (unpaired) electrons. The van der Waals surface area contributed by atoms with E-state index in [1.165, 1.54) is 0 Å². The van der Waals surface area contributed by atoms with Crippen LogP contribution in [0.1, 0.15) is 110 Å². The maximum Gasteiger partial charge on any atom is 0.268 e. The van der Waals surface area contributed by atoms with Gasteiger partial charge >= 0.3 is 0 Å². The van der Waals surface area contributed by atoms with Crippen LogP contribution in [0.5, 0.6) is 0 Å². The third-order valence-electron chi connectivity index (χ3n) is 7.53. The van der Waals surface area contributed by atoms with E-state index in [1.54, 1.807) is 6.08 Å². The summed E-state index contributed by atoms with van der Waals surface area (Å²) in [5.41, 5.74) is 0. The predicted octanol–water partition coefficient (Wildman–Crippen LogP) is 9.38. The van der Waals surface area contributed by atoms with Crippen LogP contribution in [0.15, 0.2) is 97.2 Å². The molecule has 0 aromatic rings. The Hall–Kier alpha value is -2.58. The lowest BCUT2D eigenvalue weighted by Crippen LogP contribution is -2.45. The van der Waals surface area contributed by atoms with Gasteiger partial charge in [0.1, 0.15) is 13.2 Å². The first-order valence-electron chi connectivity index (χ1n) is 19.1. The highest BCUT2D eigenvalue weighted by Gasteiger charge is 2.23. The van der Waals surface area contributed by atoms with E-state index in [0.29, 0.717) is 17.4 Å². The van der Waals surface area contributed by atoms with Crippen LogP contribution in [0.25, 0.3) is 0 Å². The zero-order valence-corrected chi connectivity index (χ0v) is 33.4. The number of nitrogens with zero attached hydrogens (tertiary/aromatic N) is 1. The molecule has 0 saturated carbocycles. The molecule has 0 saturated heterocycles. The maximum absolute atomic E-state index is 12.7. The number of amides is 1. The Balaban J connectivity index is 4.53. The van der Waals surface area contributed by atoms with Gasteiger partial charge in [-0.25, -0.2) is 0 Å². The molecule has 0 rings (SSSR count). The van der Waals surface area contributed by atoms with Crippen molar-refractivity contribution in [1.82, 2.24) is 5.32 Å². The number of allylic oxidation sites excluding steroid dienone is 15. The van der Waals surface area contributed by atoms with Gasteiger partial charge < -0.3 is 28.8 Å². The number of phosphoric acid groups is 1. The van der Waals surface area contributed by atoms with Gasteiger partial charge in [-0.1, -0.05) is 124 Å². The number of phosphoric ester groups is 1. The molecule has 2 N–H and O–H groups in total. The van der Waals surface area contributed by atoms with Gasteiger partial charge in [0.2, 0.25) is 5.91 Å². The lowest BCUT2D eigenvalue weighted by Gasteiger charge is -2.29. The molecule has 3 atom stereocenters. The number of carbonyl (C=O) groups excluding carboxylic acids is 1. The molecule has 0 spiro atoms. The molecule has 0 aliphatic carbocycles. The summed E-state index contributed by atoms with van der Waals surface area (Å²) in [5, 5.41) is 13.6. The average molecular weight is 731 g/mol. The number of carbonyl (C=O) groups is 1. The zero-order chi connectivity index (χ0) is 37.9. The van der Waals surface area contributed by atoms with Crippen LogP contribution in [0.2, 0.25) is 0 Å². The van der Waals surface area contributed by atoms with E-state index in [-0.39, 0.29) is 18.9 Å². The first-order chi connectivity index (χ1) is 24.5. The first kappa shape index (κ1) is 48.4. The van der Waals surface area contributed by atoms with Crippen LogP contribution >= 0.6 is 7.82 Å². The molecule has 0 aliphatic heterocycles. The van der Waals surface area contributed by atoms with Crippen molar-refractivity contribution < 1.29 is 32.9 Å². The quantitative estimate of drug-likeness (QED) is 0.0309. The van der Waals surface area contributed by atoms with Crippen molar-refractivity contribution in [3.05, 3.63) is 97.2 Å². The van der Waals surface area contributed by atoms with Crippen molar-refractivity contribution in [3.63, 3.8) is 0 Å². The Labute approximate surface area is 311 Å². The molecular formula is C42H71N2O6P. The highest BCUT2D eigenvalue weighted by atomic mass is 31.2. The number of quaternary nitrogens is 1. The van der Waals surface area contributed by atoms with Gasteiger partial charge in [-0.05, 0) is 77.0 Å². The summed E-state index contributed by atoms with van der Waals surface area (Å²) in [7, 11) is 1.19. The van der Waals surface area contributed by atoms with Crippen molar-refractivity contribution in [1.29, 1.82) is 0 Å². The van der Waals surface area contributed by atoms with E-state index in [9.17, 15) is 19.4 Å². The SMILES string of the molecule is CC/C=C\C/C=C\C/C=C\C/C=C\C/C=C\C/C=C\CCCCC(=O)NC(COP(=O)([O-])OCC[N+](C)(C)C)C(O)/C=C/CC/C=C/CCCC. The molecule has 0 aromatic heterocycles. The minimum Gasteiger partial charge on any atom is -0.756 e. The number of nitrogens with one attached hydrogen (secondary N) is 1. The van der Waals surface area contributed by atoms with Crippen molar-refractivity contribution in [2.45, 2.75) is 122 Å². The van der Waals surface area contributed by atoms with E-state index in [1.807, 2.05) is 27.2 Å². The molecule has 8 nitrogen and oxygen atoms in total. The molecule has 0 heterocycles. The number of unbranched alkanes of at least 4 members (excludes halogenated alkanes) is 5. The molecule has 0 aliphatic rings. The smallest absolute Gasteiger partial charge is 0.268 e. The van der Waals surface area contributed by atoms with Crippen LogP contribution < -0.4 is 10.2 Å². The molecule has 290 valence electrons. The second-order valence-electron chi connectivity index (χ2n) is 13.5. The maximum atomic E-state index is 12.7. The zero-order valence-electron chi connectivity index (χ0n) is 32.5. The third-order valence-corrected chi connectivity index (χ3v) is 8.49. The van der Waals surface area contributed by atoms with Gasteiger partial charge in [-0.3, -0.25) is 9.36 Å². The second-order valence-corrected chi connectivity index (χ2v) is 14.9. The molecule has 51 heavy (non-hydrogen) atoms. The van der Waals surface area contributed by atoms with Crippen molar-refractivity contribution >= 4 is 13.7 Å². The summed E-state index contributed by atoms with van der Waals surface area (Å²) in [6, 6.07) is -0.929. The minimum atomic E-state index is -4.60. The molecule has 0 aromatic carbocycles. The average Bonchev–Trinajstić information content (AvgIpc) is 3.07. The summed E-state index contributed by atoms with van der Waals surface area (Å²) >= 11 is 0. The molecule has 9 heteroatoms. The van der Waals surface area contributed by atoms with Crippen LogP contribution in [-0.4, -0.2) is 68.5 Å². The number of hydrogen-bond donors (Lipinski definition) is 2. The van der Waals surface area contributed by atoms with Gasteiger partial charge in [0.05, 0.1) is 39.9 Å². The molecule has 0 bridgehead atoms. The lowest BCUT2D eigenvalue weighted by molar-refractivity contribution is -0.870. The number of rotatable bonds is 32. The lowest BCUT2D eigenvalue weighted by atomic mass is 10.1. The minimum absolute atomic E-state index is 0.0215. The monoisotopic (exact) mass is 731 g/mol. The van der Waals surface area contributed by atoms with E-state index in [4.69, 9.17) is 9.05 Å². The second kappa shape index (κ2) is 33.3. The van der Waals surface area contributed by atoms with Crippen molar-refractivity contribution in [2.24, 2.45) is 0 Å². The Morgan fingerprint density at radius 3 is 1.75 bits per heavy atom. The Kier molecular flexibility index (Phi) is 31.6. The fraction of sp³-hybridized carbons (Fsp3) is 0.595. The van der Waals surface area contributed by atoms with Gasteiger partial charge in [-0.15, -0.1) is 0 Å². The normalized spacial score (nSPS) is 15.7. The first-order valence-corrected chi connectivity index (χ1v) is 20.6. The number of aliphatic hydroxyl groups excluding tert-OH is 1. The third kappa shape index (κ3) is 35.6. The number of hydrogen-bond acceptors (Lipinski definition) is 6. The number of likely N-dealkylation sites (N-methyl/N-ethyl adjacent to an activating group) is 1.